The van der Waals surface area contributed by atoms with Gasteiger partial charge in [0, 0.05) is 19.7 Å². The first-order valence-corrected chi connectivity index (χ1v) is 6.57. The Hall–Kier alpha value is -1.63. The third-order valence-corrected chi connectivity index (χ3v) is 2.34. The van der Waals surface area contributed by atoms with Crippen LogP contribution in [0.25, 0.3) is 0 Å². The second kappa shape index (κ2) is 7.73. The summed E-state index contributed by atoms with van der Waals surface area (Å²) in [5, 5.41) is 0. The van der Waals surface area contributed by atoms with E-state index in [0.717, 1.165) is 6.54 Å². The Morgan fingerprint density at radius 2 is 1.95 bits per heavy atom. The lowest BCUT2D eigenvalue weighted by molar-refractivity contribution is 0.153. The van der Waals surface area contributed by atoms with Crippen LogP contribution in [0.2, 0.25) is 0 Å². The molecule has 7 nitrogen and oxygen atoms in total. The zero-order valence-electron chi connectivity index (χ0n) is 12.1. The molecule has 2 N–H and O–H groups in total. The van der Waals surface area contributed by atoms with E-state index in [1.54, 1.807) is 0 Å². The van der Waals surface area contributed by atoms with Gasteiger partial charge in [-0.25, -0.2) is 0 Å². The third kappa shape index (κ3) is 5.25. The molecule has 0 amide bonds. The Morgan fingerprint density at radius 3 is 2.53 bits per heavy atom. The fourth-order valence-electron chi connectivity index (χ4n) is 1.48. The Bertz CT molecular complexity index is 386. The topological polar surface area (TPSA) is 86.4 Å². The quantitative estimate of drug-likeness (QED) is 0.707. The van der Waals surface area contributed by atoms with E-state index in [1.165, 1.54) is 0 Å². The molecule has 1 heterocycles. The van der Waals surface area contributed by atoms with Gasteiger partial charge in [-0.15, -0.1) is 0 Å². The molecule has 0 atom stereocenters. The van der Waals surface area contributed by atoms with E-state index in [-0.39, 0.29) is 18.1 Å². The van der Waals surface area contributed by atoms with Gasteiger partial charge in [-0.2, -0.15) is 15.0 Å². The second-order valence-electron chi connectivity index (χ2n) is 4.22. The predicted octanol–water partition coefficient (Wildman–Crippen LogP) is 1.10. The monoisotopic (exact) mass is 269 g/mol. The summed E-state index contributed by atoms with van der Waals surface area (Å²) < 4.78 is 10.8. The molecule has 0 aliphatic carbocycles. The van der Waals surface area contributed by atoms with E-state index in [0.29, 0.717) is 25.7 Å². The highest BCUT2D eigenvalue weighted by Crippen LogP contribution is 2.14. The molecule has 108 valence electrons. The molecule has 0 unspecified atom stereocenters. The lowest BCUT2D eigenvalue weighted by Crippen LogP contribution is -2.29. The largest absolute Gasteiger partial charge is 0.461 e. The zero-order chi connectivity index (χ0) is 14.3. The van der Waals surface area contributed by atoms with Gasteiger partial charge in [0.05, 0.1) is 12.7 Å². The van der Waals surface area contributed by atoms with Crippen molar-refractivity contribution in [1.29, 1.82) is 0 Å². The molecule has 0 saturated carbocycles. The molecule has 0 aromatic carbocycles. The van der Waals surface area contributed by atoms with Crippen molar-refractivity contribution in [2.45, 2.75) is 33.8 Å². The van der Waals surface area contributed by atoms with Gasteiger partial charge in [0.1, 0.15) is 0 Å². The molecule has 0 aliphatic heterocycles. The van der Waals surface area contributed by atoms with Crippen LogP contribution >= 0.6 is 0 Å². The number of anilines is 2. The molecule has 1 rings (SSSR count). The maximum atomic E-state index is 5.68. The lowest BCUT2D eigenvalue weighted by atomic mass is 10.5. The van der Waals surface area contributed by atoms with E-state index in [1.807, 2.05) is 32.6 Å². The number of hydrogen-bond donors (Lipinski definition) is 1. The maximum absolute atomic E-state index is 5.68. The molecule has 0 aliphatic rings. The smallest absolute Gasteiger partial charge is 0.323 e. The van der Waals surface area contributed by atoms with Crippen molar-refractivity contribution < 1.29 is 9.47 Å². The summed E-state index contributed by atoms with van der Waals surface area (Å²) in [4.78, 5) is 14.3. The van der Waals surface area contributed by atoms with Crippen molar-refractivity contribution in [2.24, 2.45) is 0 Å². The van der Waals surface area contributed by atoms with E-state index in [9.17, 15) is 0 Å². The average molecular weight is 269 g/mol. The molecule has 0 radical (unpaired) electrons. The van der Waals surface area contributed by atoms with Crippen molar-refractivity contribution in [1.82, 2.24) is 15.0 Å². The Morgan fingerprint density at radius 1 is 1.21 bits per heavy atom. The highest BCUT2D eigenvalue weighted by molar-refractivity contribution is 5.35. The minimum Gasteiger partial charge on any atom is -0.461 e. The van der Waals surface area contributed by atoms with Gasteiger partial charge in [0.2, 0.25) is 11.9 Å². The normalized spacial score (nSPS) is 10.8. The number of nitrogen functional groups attached to an aromatic ring is 1. The number of ether oxygens (including phenoxy) is 2. The van der Waals surface area contributed by atoms with Gasteiger partial charge in [-0.3, -0.25) is 0 Å². The minimum absolute atomic E-state index is 0.00634. The summed E-state index contributed by atoms with van der Waals surface area (Å²) in [5.74, 6) is 0.681. The lowest BCUT2D eigenvalue weighted by Gasteiger charge is -2.21. The summed E-state index contributed by atoms with van der Waals surface area (Å²) in [6.45, 7) is 10.6. The number of nitrogens with zero attached hydrogens (tertiary/aromatic N) is 4. The highest BCUT2D eigenvalue weighted by atomic mass is 16.5. The van der Waals surface area contributed by atoms with Crippen LogP contribution in [-0.4, -0.2) is 47.4 Å². The van der Waals surface area contributed by atoms with Crippen LogP contribution in [0, 0.1) is 0 Å². The van der Waals surface area contributed by atoms with Crippen molar-refractivity contribution in [3.63, 3.8) is 0 Å². The Kier molecular flexibility index (Phi) is 6.27. The van der Waals surface area contributed by atoms with Gasteiger partial charge >= 0.3 is 6.01 Å². The van der Waals surface area contributed by atoms with E-state index in [4.69, 9.17) is 15.2 Å². The molecule has 1 aromatic heterocycles. The molecule has 0 saturated heterocycles. The van der Waals surface area contributed by atoms with Crippen molar-refractivity contribution in [2.75, 3.05) is 36.9 Å². The van der Waals surface area contributed by atoms with Gasteiger partial charge in [0.25, 0.3) is 0 Å². The summed E-state index contributed by atoms with van der Waals surface area (Å²) in [7, 11) is 0. The first-order valence-electron chi connectivity index (χ1n) is 6.57. The average Bonchev–Trinajstić information content (AvgIpc) is 2.33. The van der Waals surface area contributed by atoms with Crippen LogP contribution in [-0.2, 0) is 4.74 Å². The van der Waals surface area contributed by atoms with Gasteiger partial charge in [-0.1, -0.05) is 0 Å². The van der Waals surface area contributed by atoms with Gasteiger partial charge in [0.15, 0.2) is 0 Å². The van der Waals surface area contributed by atoms with Gasteiger partial charge in [-0.05, 0) is 27.7 Å². The van der Waals surface area contributed by atoms with Crippen molar-refractivity contribution in [3.8, 4) is 6.01 Å². The molecule has 19 heavy (non-hydrogen) atoms. The van der Waals surface area contributed by atoms with Crippen LogP contribution in [0.5, 0.6) is 6.01 Å². The third-order valence-electron chi connectivity index (χ3n) is 2.34. The number of rotatable bonds is 8. The van der Waals surface area contributed by atoms with Crippen LogP contribution in [0.4, 0.5) is 11.9 Å². The van der Waals surface area contributed by atoms with E-state index >= 15 is 0 Å². The van der Waals surface area contributed by atoms with Crippen LogP contribution in [0.15, 0.2) is 0 Å². The molecule has 0 spiro atoms. The second-order valence-corrected chi connectivity index (χ2v) is 4.22. The summed E-state index contributed by atoms with van der Waals surface area (Å²) >= 11 is 0. The maximum Gasteiger partial charge on any atom is 0.323 e. The zero-order valence-corrected chi connectivity index (χ0v) is 12.1. The molecule has 1 aromatic rings. The van der Waals surface area contributed by atoms with Crippen LogP contribution in [0.3, 0.4) is 0 Å². The SMILES string of the molecule is CCOCCN(CC)c1nc(N)nc(OC(C)C)n1. The molecule has 0 bridgehead atoms. The number of likely N-dealkylation sites (N-methyl/N-ethyl adjacent to an activating group) is 1. The number of hydrogen-bond acceptors (Lipinski definition) is 7. The Balaban J connectivity index is 2.81. The molecular weight excluding hydrogens is 246 g/mol. The highest BCUT2D eigenvalue weighted by Gasteiger charge is 2.12. The summed E-state index contributed by atoms with van der Waals surface area (Å²) in [6, 6.07) is 0.257. The van der Waals surface area contributed by atoms with Crippen LogP contribution in [0.1, 0.15) is 27.7 Å². The fourth-order valence-corrected chi connectivity index (χ4v) is 1.48. The fraction of sp³-hybridized carbons (Fsp3) is 0.750. The van der Waals surface area contributed by atoms with E-state index < -0.39 is 0 Å². The van der Waals surface area contributed by atoms with Crippen molar-refractivity contribution in [3.05, 3.63) is 0 Å². The number of aromatic nitrogens is 3. The summed E-state index contributed by atoms with van der Waals surface area (Å²) in [6.07, 6.45) is -0.00634. The molecule has 0 fully saturated rings. The first-order chi connectivity index (χ1) is 9.06. The van der Waals surface area contributed by atoms with E-state index in [2.05, 4.69) is 15.0 Å². The molecule has 7 heteroatoms. The van der Waals surface area contributed by atoms with Crippen LogP contribution < -0.4 is 15.4 Å². The molecular formula is C12H23N5O2. The summed E-state index contributed by atoms with van der Waals surface area (Å²) in [5.41, 5.74) is 5.68. The standard InChI is InChI=1S/C12H23N5O2/c1-5-17(7-8-18-6-2)11-14-10(13)15-12(16-11)19-9(3)4/h9H,5-8H2,1-4H3,(H2,13,14,15,16). The first kappa shape index (κ1) is 15.4. The number of nitrogens with two attached hydrogens (primary N) is 1. The predicted molar refractivity (Wildman–Crippen MR) is 74.4 cm³/mol. The van der Waals surface area contributed by atoms with Gasteiger partial charge < -0.3 is 20.1 Å². The Labute approximate surface area is 114 Å². The van der Waals surface area contributed by atoms with Crippen molar-refractivity contribution >= 4 is 11.9 Å². The minimum atomic E-state index is -0.00634.